The van der Waals surface area contributed by atoms with E-state index in [0.717, 1.165) is 36.8 Å². The first kappa shape index (κ1) is 18.1. The normalized spacial score (nSPS) is 10.7. The van der Waals surface area contributed by atoms with Gasteiger partial charge in [-0.15, -0.1) is 0 Å². The molecule has 0 spiro atoms. The lowest BCUT2D eigenvalue weighted by molar-refractivity contribution is 0.242. The highest BCUT2D eigenvalue weighted by Crippen LogP contribution is 2.23. The fourth-order valence-corrected chi connectivity index (χ4v) is 2.37. The van der Waals surface area contributed by atoms with Crippen LogP contribution in [0.1, 0.15) is 26.3 Å². The SMILES string of the molecule is CCOc1ccccc1NCCNCc1ccc(OC(C)C)cc1. The molecule has 130 valence electrons. The maximum Gasteiger partial charge on any atom is 0.142 e. The zero-order valence-corrected chi connectivity index (χ0v) is 14.8. The van der Waals surface area contributed by atoms with Crippen LogP contribution in [0.25, 0.3) is 0 Å². The third-order valence-corrected chi connectivity index (χ3v) is 3.43. The van der Waals surface area contributed by atoms with E-state index < -0.39 is 0 Å². The summed E-state index contributed by atoms with van der Waals surface area (Å²) in [7, 11) is 0. The average Bonchev–Trinajstić information content (AvgIpc) is 2.57. The van der Waals surface area contributed by atoms with Gasteiger partial charge in [0, 0.05) is 19.6 Å². The van der Waals surface area contributed by atoms with Crippen molar-refractivity contribution in [1.29, 1.82) is 0 Å². The fourth-order valence-electron chi connectivity index (χ4n) is 2.37. The van der Waals surface area contributed by atoms with Crippen molar-refractivity contribution >= 4 is 5.69 Å². The van der Waals surface area contributed by atoms with Crippen molar-refractivity contribution < 1.29 is 9.47 Å². The standard InChI is InChI=1S/C20H28N2O2/c1-4-23-20-8-6-5-7-19(20)22-14-13-21-15-17-9-11-18(12-10-17)24-16(2)3/h5-12,16,21-22H,4,13-15H2,1-3H3. The molecule has 0 unspecified atom stereocenters. The van der Waals surface area contributed by atoms with Crippen LogP contribution in [-0.2, 0) is 6.54 Å². The van der Waals surface area contributed by atoms with Crippen molar-refractivity contribution in [3.8, 4) is 11.5 Å². The van der Waals surface area contributed by atoms with Gasteiger partial charge in [-0.2, -0.15) is 0 Å². The highest BCUT2D eigenvalue weighted by Gasteiger charge is 2.01. The Morgan fingerprint density at radius 2 is 1.71 bits per heavy atom. The number of hydrogen-bond donors (Lipinski definition) is 2. The van der Waals surface area contributed by atoms with E-state index in [2.05, 4.69) is 22.8 Å². The van der Waals surface area contributed by atoms with Gasteiger partial charge in [-0.1, -0.05) is 24.3 Å². The summed E-state index contributed by atoms with van der Waals surface area (Å²) in [6.45, 7) is 9.31. The average molecular weight is 328 g/mol. The minimum atomic E-state index is 0.208. The smallest absolute Gasteiger partial charge is 0.142 e. The highest BCUT2D eigenvalue weighted by atomic mass is 16.5. The molecular weight excluding hydrogens is 300 g/mol. The van der Waals surface area contributed by atoms with Gasteiger partial charge in [0.05, 0.1) is 18.4 Å². The van der Waals surface area contributed by atoms with E-state index in [1.165, 1.54) is 5.56 Å². The molecule has 2 rings (SSSR count). The van der Waals surface area contributed by atoms with Crippen LogP contribution in [0.2, 0.25) is 0 Å². The molecule has 24 heavy (non-hydrogen) atoms. The lowest BCUT2D eigenvalue weighted by Gasteiger charge is -2.13. The number of nitrogens with one attached hydrogen (secondary N) is 2. The Hall–Kier alpha value is -2.20. The number of ether oxygens (including phenoxy) is 2. The van der Waals surface area contributed by atoms with E-state index in [-0.39, 0.29) is 6.10 Å². The van der Waals surface area contributed by atoms with Crippen molar-refractivity contribution in [2.24, 2.45) is 0 Å². The summed E-state index contributed by atoms with van der Waals surface area (Å²) in [6, 6.07) is 16.3. The third-order valence-electron chi connectivity index (χ3n) is 3.43. The predicted octanol–water partition coefficient (Wildman–Crippen LogP) is 4.07. The molecule has 4 nitrogen and oxygen atoms in total. The van der Waals surface area contributed by atoms with Crippen LogP contribution in [0.5, 0.6) is 11.5 Å². The first-order valence-electron chi connectivity index (χ1n) is 8.61. The van der Waals surface area contributed by atoms with E-state index in [1.54, 1.807) is 0 Å². The summed E-state index contributed by atoms with van der Waals surface area (Å²) < 4.78 is 11.3. The van der Waals surface area contributed by atoms with E-state index in [1.807, 2.05) is 57.2 Å². The van der Waals surface area contributed by atoms with Crippen molar-refractivity contribution in [3.63, 3.8) is 0 Å². The van der Waals surface area contributed by atoms with Crippen LogP contribution < -0.4 is 20.1 Å². The molecule has 4 heteroatoms. The molecule has 0 aliphatic carbocycles. The van der Waals surface area contributed by atoms with Crippen LogP contribution in [-0.4, -0.2) is 25.8 Å². The Morgan fingerprint density at radius 3 is 2.42 bits per heavy atom. The molecule has 2 aromatic rings. The van der Waals surface area contributed by atoms with Gasteiger partial charge in [0.1, 0.15) is 11.5 Å². The summed E-state index contributed by atoms with van der Waals surface area (Å²) in [4.78, 5) is 0. The topological polar surface area (TPSA) is 42.5 Å². The maximum absolute atomic E-state index is 5.65. The molecule has 0 fully saturated rings. The Labute approximate surface area is 145 Å². The molecule has 0 aromatic heterocycles. The van der Waals surface area contributed by atoms with Crippen LogP contribution in [0.4, 0.5) is 5.69 Å². The zero-order valence-electron chi connectivity index (χ0n) is 14.8. The molecular formula is C20H28N2O2. The zero-order chi connectivity index (χ0) is 17.2. The first-order chi connectivity index (χ1) is 11.7. The molecule has 0 aliphatic rings. The van der Waals surface area contributed by atoms with Crippen molar-refractivity contribution in [3.05, 3.63) is 54.1 Å². The Kier molecular flexibility index (Phi) is 7.43. The molecule has 0 heterocycles. The molecule has 2 N–H and O–H groups in total. The van der Waals surface area contributed by atoms with Crippen LogP contribution in [0.15, 0.2) is 48.5 Å². The summed E-state index contributed by atoms with van der Waals surface area (Å²) in [6.07, 6.45) is 0.208. The van der Waals surface area contributed by atoms with Crippen molar-refractivity contribution in [2.75, 3.05) is 25.0 Å². The summed E-state index contributed by atoms with van der Waals surface area (Å²) in [5, 5.41) is 6.85. The molecule has 0 radical (unpaired) electrons. The lowest BCUT2D eigenvalue weighted by Crippen LogP contribution is -2.22. The molecule has 0 saturated heterocycles. The fraction of sp³-hybridized carbons (Fsp3) is 0.400. The second kappa shape index (κ2) is 9.83. The molecule has 0 bridgehead atoms. The minimum absolute atomic E-state index is 0.208. The number of rotatable bonds is 10. The van der Waals surface area contributed by atoms with E-state index in [4.69, 9.17) is 9.47 Å². The second-order valence-electron chi connectivity index (χ2n) is 5.84. The molecule has 0 saturated carbocycles. The van der Waals surface area contributed by atoms with Crippen molar-refractivity contribution in [2.45, 2.75) is 33.4 Å². The van der Waals surface area contributed by atoms with Crippen molar-refractivity contribution in [1.82, 2.24) is 5.32 Å². The van der Waals surface area contributed by atoms with E-state index in [9.17, 15) is 0 Å². The summed E-state index contributed by atoms with van der Waals surface area (Å²) in [5.74, 6) is 1.82. The van der Waals surface area contributed by atoms with Gasteiger partial charge in [-0.25, -0.2) is 0 Å². The minimum Gasteiger partial charge on any atom is -0.492 e. The van der Waals surface area contributed by atoms with Gasteiger partial charge in [-0.3, -0.25) is 0 Å². The van der Waals surface area contributed by atoms with Crippen LogP contribution in [0.3, 0.4) is 0 Å². The molecule has 0 atom stereocenters. The van der Waals surface area contributed by atoms with Crippen LogP contribution >= 0.6 is 0 Å². The predicted molar refractivity (Wildman–Crippen MR) is 100 cm³/mol. The number of anilines is 1. The Morgan fingerprint density at radius 1 is 0.958 bits per heavy atom. The van der Waals surface area contributed by atoms with Gasteiger partial charge in [-0.05, 0) is 50.6 Å². The molecule has 0 aliphatic heterocycles. The number of hydrogen-bond acceptors (Lipinski definition) is 4. The van der Waals surface area contributed by atoms with Gasteiger partial charge in [0.25, 0.3) is 0 Å². The summed E-state index contributed by atoms with van der Waals surface area (Å²) in [5.41, 5.74) is 2.29. The quantitative estimate of drug-likeness (QED) is 0.645. The van der Waals surface area contributed by atoms with Gasteiger partial charge < -0.3 is 20.1 Å². The van der Waals surface area contributed by atoms with Gasteiger partial charge in [0.15, 0.2) is 0 Å². The molecule has 2 aromatic carbocycles. The summed E-state index contributed by atoms with van der Waals surface area (Å²) >= 11 is 0. The first-order valence-corrected chi connectivity index (χ1v) is 8.61. The largest absolute Gasteiger partial charge is 0.492 e. The second-order valence-corrected chi connectivity index (χ2v) is 5.84. The maximum atomic E-state index is 5.65. The highest BCUT2D eigenvalue weighted by molar-refractivity contribution is 5.56. The number of para-hydroxylation sites is 2. The monoisotopic (exact) mass is 328 g/mol. The van der Waals surface area contributed by atoms with E-state index >= 15 is 0 Å². The van der Waals surface area contributed by atoms with Crippen LogP contribution in [0, 0.1) is 0 Å². The lowest BCUT2D eigenvalue weighted by atomic mass is 10.2. The van der Waals surface area contributed by atoms with E-state index in [0.29, 0.717) is 6.61 Å². The van der Waals surface area contributed by atoms with Gasteiger partial charge in [0.2, 0.25) is 0 Å². The Balaban J connectivity index is 1.70. The number of benzene rings is 2. The van der Waals surface area contributed by atoms with Gasteiger partial charge >= 0.3 is 0 Å². The molecule has 0 amide bonds. The third kappa shape index (κ3) is 6.13. The Bertz CT molecular complexity index is 597.